The lowest BCUT2D eigenvalue weighted by Gasteiger charge is -2.31. The minimum absolute atomic E-state index is 0.588. The highest BCUT2D eigenvalue weighted by molar-refractivity contribution is 7.15. The molecule has 1 aliphatic heterocycles. The highest BCUT2D eigenvalue weighted by Gasteiger charge is 2.24. The van der Waals surface area contributed by atoms with Gasteiger partial charge >= 0.3 is 0 Å². The standard InChI is InChI=1S/C18H20ClN5S/c1-23-16(6-9-20-23)14-7-10-24(11-8-14)18-22-21-17(25-18)12-13-2-4-15(19)5-3-13/h2-6,9,14H,7-8,10-12H2,1H3. The van der Waals surface area contributed by atoms with Gasteiger partial charge in [0.1, 0.15) is 5.01 Å². The molecule has 0 spiro atoms. The second kappa shape index (κ2) is 7.14. The van der Waals surface area contributed by atoms with Crippen LogP contribution in [0.15, 0.2) is 36.5 Å². The molecular weight excluding hydrogens is 354 g/mol. The van der Waals surface area contributed by atoms with Crippen LogP contribution < -0.4 is 4.90 Å². The molecular formula is C18H20ClN5S. The van der Waals surface area contributed by atoms with E-state index in [1.54, 1.807) is 11.3 Å². The molecule has 0 atom stereocenters. The lowest BCUT2D eigenvalue weighted by molar-refractivity contribution is 0.476. The number of halogens is 1. The number of rotatable bonds is 4. The number of hydrogen-bond acceptors (Lipinski definition) is 5. The van der Waals surface area contributed by atoms with Crippen LogP contribution in [0.5, 0.6) is 0 Å². The Bertz CT molecular complexity index is 833. The second-order valence-electron chi connectivity index (χ2n) is 6.42. The van der Waals surface area contributed by atoms with Crippen molar-refractivity contribution in [3.8, 4) is 0 Å². The highest BCUT2D eigenvalue weighted by atomic mass is 35.5. The average molecular weight is 374 g/mol. The van der Waals surface area contributed by atoms with Gasteiger partial charge < -0.3 is 4.90 Å². The van der Waals surface area contributed by atoms with Crippen LogP contribution in [0.4, 0.5) is 5.13 Å². The first kappa shape index (κ1) is 16.5. The van der Waals surface area contributed by atoms with E-state index in [0.717, 1.165) is 47.5 Å². The fraction of sp³-hybridized carbons (Fsp3) is 0.389. The molecule has 1 fully saturated rings. The number of aromatic nitrogens is 4. The van der Waals surface area contributed by atoms with Crippen molar-refractivity contribution in [2.45, 2.75) is 25.2 Å². The number of hydrogen-bond donors (Lipinski definition) is 0. The number of anilines is 1. The van der Waals surface area contributed by atoms with E-state index in [4.69, 9.17) is 11.6 Å². The van der Waals surface area contributed by atoms with Crippen molar-refractivity contribution < 1.29 is 0 Å². The summed E-state index contributed by atoms with van der Waals surface area (Å²) in [7, 11) is 2.02. The molecule has 0 saturated carbocycles. The van der Waals surface area contributed by atoms with Gasteiger partial charge in [-0.05, 0) is 36.6 Å². The summed E-state index contributed by atoms with van der Waals surface area (Å²) in [5.41, 5.74) is 2.54. The molecule has 0 aliphatic carbocycles. The summed E-state index contributed by atoms with van der Waals surface area (Å²) in [6.07, 6.45) is 4.95. The molecule has 0 N–H and O–H groups in total. The fourth-order valence-electron chi connectivity index (χ4n) is 3.37. The smallest absolute Gasteiger partial charge is 0.208 e. The molecule has 5 nitrogen and oxygen atoms in total. The maximum atomic E-state index is 5.94. The van der Waals surface area contributed by atoms with E-state index in [-0.39, 0.29) is 0 Å². The van der Waals surface area contributed by atoms with Gasteiger partial charge in [-0.2, -0.15) is 5.10 Å². The molecule has 130 valence electrons. The van der Waals surface area contributed by atoms with E-state index < -0.39 is 0 Å². The Labute approximate surface area is 156 Å². The monoisotopic (exact) mass is 373 g/mol. The third-order valence-corrected chi connectivity index (χ3v) is 6.00. The molecule has 0 unspecified atom stereocenters. The van der Waals surface area contributed by atoms with Crippen molar-refractivity contribution in [3.05, 3.63) is 57.8 Å². The van der Waals surface area contributed by atoms with Crippen LogP contribution in [-0.4, -0.2) is 33.1 Å². The first-order chi connectivity index (χ1) is 12.2. The van der Waals surface area contributed by atoms with E-state index in [2.05, 4.69) is 26.3 Å². The van der Waals surface area contributed by atoms with Crippen molar-refractivity contribution >= 4 is 28.1 Å². The Morgan fingerprint density at radius 2 is 1.88 bits per heavy atom. The van der Waals surface area contributed by atoms with Crippen molar-refractivity contribution in [2.24, 2.45) is 7.05 Å². The number of aryl methyl sites for hydroxylation is 1. The third-order valence-electron chi connectivity index (χ3n) is 4.77. The molecule has 3 heterocycles. The first-order valence-corrected chi connectivity index (χ1v) is 9.68. The van der Waals surface area contributed by atoms with E-state index in [1.807, 2.05) is 42.2 Å². The highest BCUT2D eigenvalue weighted by Crippen LogP contribution is 2.31. The van der Waals surface area contributed by atoms with Crippen molar-refractivity contribution in [1.82, 2.24) is 20.0 Å². The zero-order valence-electron chi connectivity index (χ0n) is 14.1. The van der Waals surface area contributed by atoms with Crippen molar-refractivity contribution in [3.63, 3.8) is 0 Å². The normalized spacial score (nSPS) is 15.7. The fourth-order valence-corrected chi connectivity index (χ4v) is 4.42. The zero-order chi connectivity index (χ0) is 17.2. The van der Waals surface area contributed by atoms with Gasteiger partial charge in [0, 0.05) is 49.4 Å². The number of nitrogens with zero attached hydrogens (tertiary/aromatic N) is 5. The van der Waals surface area contributed by atoms with Crippen LogP contribution in [0.25, 0.3) is 0 Å². The minimum Gasteiger partial charge on any atom is -0.347 e. The maximum absolute atomic E-state index is 5.94. The zero-order valence-corrected chi connectivity index (χ0v) is 15.7. The lowest BCUT2D eigenvalue weighted by atomic mass is 9.94. The molecule has 1 saturated heterocycles. The Morgan fingerprint density at radius 1 is 1.12 bits per heavy atom. The van der Waals surface area contributed by atoms with Crippen molar-refractivity contribution in [2.75, 3.05) is 18.0 Å². The predicted molar refractivity (Wildman–Crippen MR) is 102 cm³/mol. The van der Waals surface area contributed by atoms with E-state index in [9.17, 15) is 0 Å². The molecule has 0 radical (unpaired) electrons. The van der Waals surface area contributed by atoms with Gasteiger partial charge in [-0.3, -0.25) is 4.68 Å². The third kappa shape index (κ3) is 3.70. The van der Waals surface area contributed by atoms with Gasteiger partial charge in [-0.15, -0.1) is 10.2 Å². The number of piperidine rings is 1. The summed E-state index contributed by atoms with van der Waals surface area (Å²) >= 11 is 7.63. The first-order valence-electron chi connectivity index (χ1n) is 8.49. The van der Waals surface area contributed by atoms with Gasteiger partial charge in [0.2, 0.25) is 5.13 Å². The van der Waals surface area contributed by atoms with Crippen LogP contribution in [0.3, 0.4) is 0 Å². The average Bonchev–Trinajstić information content (AvgIpc) is 3.26. The minimum atomic E-state index is 0.588. The predicted octanol–water partition coefficient (Wildman–Crippen LogP) is 3.90. The molecule has 1 aromatic carbocycles. The van der Waals surface area contributed by atoms with Gasteiger partial charge in [0.25, 0.3) is 0 Å². The Balaban J connectivity index is 1.38. The molecule has 7 heteroatoms. The van der Waals surface area contributed by atoms with E-state index in [0.29, 0.717) is 5.92 Å². The summed E-state index contributed by atoms with van der Waals surface area (Å²) in [6, 6.07) is 10.1. The van der Waals surface area contributed by atoms with Gasteiger partial charge in [0.05, 0.1) is 0 Å². The van der Waals surface area contributed by atoms with E-state index >= 15 is 0 Å². The maximum Gasteiger partial charge on any atom is 0.208 e. The Morgan fingerprint density at radius 3 is 2.56 bits per heavy atom. The van der Waals surface area contributed by atoms with Gasteiger partial charge in [0.15, 0.2) is 0 Å². The van der Waals surface area contributed by atoms with Crippen LogP contribution in [0.1, 0.15) is 35.0 Å². The molecule has 1 aliphatic rings. The van der Waals surface area contributed by atoms with Crippen LogP contribution in [0, 0.1) is 0 Å². The van der Waals surface area contributed by atoms with Gasteiger partial charge in [-0.25, -0.2) is 0 Å². The molecule has 25 heavy (non-hydrogen) atoms. The molecule has 0 bridgehead atoms. The van der Waals surface area contributed by atoms with E-state index in [1.165, 1.54) is 11.3 Å². The topological polar surface area (TPSA) is 46.8 Å². The summed E-state index contributed by atoms with van der Waals surface area (Å²) in [6.45, 7) is 2.04. The Hall–Kier alpha value is -1.92. The Kier molecular flexibility index (Phi) is 4.72. The summed E-state index contributed by atoms with van der Waals surface area (Å²) in [4.78, 5) is 2.36. The molecule has 2 aromatic heterocycles. The molecule has 4 rings (SSSR count). The van der Waals surface area contributed by atoms with Crippen LogP contribution in [0.2, 0.25) is 5.02 Å². The summed E-state index contributed by atoms with van der Waals surface area (Å²) in [5.74, 6) is 0.588. The molecule has 3 aromatic rings. The van der Waals surface area contributed by atoms with Crippen molar-refractivity contribution in [1.29, 1.82) is 0 Å². The lowest BCUT2D eigenvalue weighted by Crippen LogP contribution is -2.33. The van der Waals surface area contributed by atoms with Gasteiger partial charge in [-0.1, -0.05) is 35.1 Å². The quantitative estimate of drug-likeness (QED) is 0.695. The second-order valence-corrected chi connectivity index (χ2v) is 7.90. The summed E-state index contributed by atoms with van der Waals surface area (Å²) < 4.78 is 2.00. The van der Waals surface area contributed by atoms with Crippen LogP contribution >= 0.6 is 22.9 Å². The SMILES string of the molecule is Cn1nccc1C1CCN(c2nnc(Cc3ccc(Cl)cc3)s2)CC1. The molecule has 0 amide bonds. The largest absolute Gasteiger partial charge is 0.347 e. The van der Waals surface area contributed by atoms with Crippen LogP contribution in [-0.2, 0) is 13.5 Å². The number of benzene rings is 1. The summed E-state index contributed by atoms with van der Waals surface area (Å²) in [5, 5.41) is 15.9.